The minimum absolute atomic E-state index is 0.0252. The van der Waals surface area contributed by atoms with Crippen LogP contribution in [0.15, 0.2) is 206 Å². The molecule has 0 amide bonds. The highest BCUT2D eigenvalue weighted by molar-refractivity contribution is 5.88. The fourth-order valence-corrected chi connectivity index (χ4v) is 10.9. The quantitative estimate of drug-likeness (QED) is 0.0492. The SMILES string of the molecule is C=C(/C=C\CCC)c1cc(C2=CC=C(C3C=CC=CC3N(C)c3c(C)c(O)c(O)c(C)c3O)CC2)ccc1Nc1cccc(N(c2ccccc2)c2ccc3c(c2)C2C=CC=CC2N3c2ccccc2)c1.CC. The highest BCUT2D eigenvalue weighted by atomic mass is 16.3. The number of rotatable bonds is 14. The van der Waals surface area contributed by atoms with Gasteiger partial charge in [0.1, 0.15) is 5.75 Å². The van der Waals surface area contributed by atoms with Gasteiger partial charge in [0.25, 0.3) is 0 Å². The van der Waals surface area contributed by atoms with E-state index in [4.69, 9.17) is 0 Å². The van der Waals surface area contributed by atoms with E-state index < -0.39 is 0 Å². The van der Waals surface area contributed by atoms with Crippen LogP contribution in [0, 0.1) is 19.8 Å². The van der Waals surface area contributed by atoms with Gasteiger partial charge in [-0.2, -0.15) is 0 Å². The van der Waals surface area contributed by atoms with Gasteiger partial charge in [-0.3, -0.25) is 0 Å². The van der Waals surface area contributed by atoms with Crippen LogP contribution in [0.1, 0.15) is 80.2 Å². The summed E-state index contributed by atoms with van der Waals surface area (Å²) in [5.41, 5.74) is 15.8. The fraction of sp³-hybridized carbons (Fsp3) is 0.212. The number of anilines is 8. The lowest BCUT2D eigenvalue weighted by atomic mass is 9.80. The minimum atomic E-state index is -0.288. The van der Waals surface area contributed by atoms with Crippen LogP contribution in [-0.2, 0) is 0 Å². The van der Waals surface area contributed by atoms with Gasteiger partial charge in [0.05, 0.1) is 17.8 Å². The fourth-order valence-electron chi connectivity index (χ4n) is 10.9. The Kier molecular flexibility index (Phi) is 15.1. The number of phenols is 3. The van der Waals surface area contributed by atoms with Gasteiger partial charge in [0, 0.05) is 75.4 Å². The number of unbranched alkanes of at least 4 members (excludes halogenated alkanes) is 1. The molecule has 6 aromatic rings. The molecule has 0 spiro atoms. The number of nitrogens with zero attached hydrogens (tertiary/aromatic N) is 3. The summed E-state index contributed by atoms with van der Waals surface area (Å²) >= 11 is 0. The van der Waals surface area contributed by atoms with Gasteiger partial charge in [-0.25, -0.2) is 0 Å². The van der Waals surface area contributed by atoms with Crippen molar-refractivity contribution in [1.29, 1.82) is 0 Å². The van der Waals surface area contributed by atoms with Crippen LogP contribution in [0.25, 0.3) is 11.1 Å². The first-order valence-electron chi connectivity index (χ1n) is 25.9. The van der Waals surface area contributed by atoms with Crippen LogP contribution in [0.5, 0.6) is 17.2 Å². The highest BCUT2D eigenvalue weighted by Gasteiger charge is 2.38. The van der Waals surface area contributed by atoms with E-state index in [2.05, 4.69) is 217 Å². The first-order valence-corrected chi connectivity index (χ1v) is 25.9. The Hall–Kier alpha value is -8.16. The van der Waals surface area contributed by atoms with Crippen LogP contribution in [-0.4, -0.2) is 34.5 Å². The smallest absolute Gasteiger partial charge is 0.164 e. The molecule has 1 heterocycles. The number of allylic oxidation sites excluding steroid dienone is 10. The maximum absolute atomic E-state index is 11.2. The van der Waals surface area contributed by atoms with Crippen LogP contribution in [0.4, 0.5) is 45.5 Å². The number of phenolic OH excluding ortho intramolecular Hbond substituents is 3. The second-order valence-electron chi connectivity index (χ2n) is 19.0. The second-order valence-corrected chi connectivity index (χ2v) is 19.0. The Morgan fingerprint density at radius 2 is 1.38 bits per heavy atom. The maximum Gasteiger partial charge on any atom is 0.164 e. The number of benzene rings is 6. The van der Waals surface area contributed by atoms with E-state index in [1.54, 1.807) is 13.8 Å². The molecular formula is C66H68N4O3. The molecule has 0 aromatic heterocycles. The third kappa shape index (κ3) is 9.92. The van der Waals surface area contributed by atoms with Crippen molar-refractivity contribution in [1.82, 2.24) is 0 Å². The summed E-state index contributed by atoms with van der Waals surface area (Å²) in [6.45, 7) is 14.1. The molecule has 0 bridgehead atoms. The third-order valence-corrected chi connectivity index (χ3v) is 14.6. The van der Waals surface area contributed by atoms with Crippen LogP contribution < -0.4 is 20.0 Å². The number of hydrogen-bond donors (Lipinski definition) is 4. The summed E-state index contributed by atoms with van der Waals surface area (Å²) < 4.78 is 0. The van der Waals surface area contributed by atoms with Gasteiger partial charge < -0.3 is 35.3 Å². The van der Waals surface area contributed by atoms with Crippen molar-refractivity contribution in [2.45, 2.75) is 78.3 Å². The van der Waals surface area contributed by atoms with Crippen molar-refractivity contribution in [3.05, 3.63) is 234 Å². The average molecular weight is 965 g/mol. The molecule has 7 heteroatoms. The Labute approximate surface area is 432 Å². The standard InChI is InChI=1S/C64H62N4O3.C2H6/c1-6-7-10-20-42(2)55-39-47(45-31-33-46(34-32-45)53-27-15-17-29-58(53)66(5)61-43(3)63(70)64(71)44(4)62(61)69)35-37-57(55)65-48-21-19-26-51(40-48)67(49-22-11-8-12-23-49)52-36-38-60-56(41-52)54-28-16-18-30-59(54)68(60)50-24-13-9-14-25-50;1-2/h8-31,33,35-41,53-54,58-59,65,69-71H,2,6-7,32,34H2,1,3-5H3;1-2H3/b20-10-;. The van der Waals surface area contributed by atoms with Crippen LogP contribution >= 0.6 is 0 Å². The molecule has 6 aromatic carbocycles. The maximum atomic E-state index is 11.2. The normalized spacial score (nSPS) is 18.4. The Balaban J connectivity index is 0.00000324. The molecule has 0 fully saturated rings. The van der Waals surface area contributed by atoms with Gasteiger partial charge in [-0.05, 0) is 128 Å². The van der Waals surface area contributed by atoms with E-state index >= 15 is 0 Å². The van der Waals surface area contributed by atoms with Gasteiger partial charge in [0.15, 0.2) is 11.5 Å². The second kappa shape index (κ2) is 22.1. The van der Waals surface area contributed by atoms with Crippen molar-refractivity contribution in [2.75, 3.05) is 27.1 Å². The number of hydrogen-bond acceptors (Lipinski definition) is 7. The van der Waals surface area contributed by atoms with Gasteiger partial charge in [0.2, 0.25) is 0 Å². The summed E-state index contributed by atoms with van der Waals surface area (Å²) in [6, 6.07) is 43.7. The topological polar surface area (TPSA) is 82.4 Å². The van der Waals surface area contributed by atoms with Crippen molar-refractivity contribution in [2.24, 2.45) is 5.92 Å². The lowest BCUT2D eigenvalue weighted by Crippen LogP contribution is -2.38. The lowest BCUT2D eigenvalue weighted by Gasteiger charge is -2.37. The molecule has 0 saturated carbocycles. The Bertz CT molecular complexity index is 3180. The zero-order valence-corrected chi connectivity index (χ0v) is 43.0. The monoisotopic (exact) mass is 965 g/mol. The minimum Gasteiger partial charge on any atom is -0.505 e. The molecule has 4 atom stereocenters. The van der Waals surface area contributed by atoms with Crippen molar-refractivity contribution in [3.8, 4) is 17.2 Å². The third-order valence-electron chi connectivity index (χ3n) is 14.6. The number of nitrogens with one attached hydrogen (secondary N) is 1. The molecule has 370 valence electrons. The molecule has 73 heavy (non-hydrogen) atoms. The molecule has 3 aliphatic carbocycles. The van der Waals surface area contributed by atoms with E-state index in [0.29, 0.717) is 11.3 Å². The van der Waals surface area contributed by atoms with Gasteiger partial charge in [-0.1, -0.05) is 161 Å². The molecular weight excluding hydrogens is 897 g/mol. The van der Waals surface area contributed by atoms with Crippen molar-refractivity contribution < 1.29 is 15.3 Å². The summed E-state index contributed by atoms with van der Waals surface area (Å²) in [7, 11) is 1.94. The molecule has 7 nitrogen and oxygen atoms in total. The zero-order valence-electron chi connectivity index (χ0n) is 43.0. The van der Waals surface area contributed by atoms with E-state index in [0.717, 1.165) is 70.8 Å². The first-order chi connectivity index (χ1) is 35.6. The van der Waals surface area contributed by atoms with Crippen LogP contribution in [0.2, 0.25) is 0 Å². The number of aromatic hydroxyl groups is 3. The predicted octanol–water partition coefficient (Wildman–Crippen LogP) is 17.1. The number of para-hydroxylation sites is 2. The van der Waals surface area contributed by atoms with E-state index in [9.17, 15) is 15.3 Å². The first kappa shape index (κ1) is 49.8. The number of fused-ring (bicyclic) bond motifs is 3. The zero-order chi connectivity index (χ0) is 51.2. The molecule has 4 N–H and O–H groups in total. The average Bonchev–Trinajstić information content (AvgIpc) is 3.77. The molecule has 4 unspecified atom stereocenters. The molecule has 10 rings (SSSR count). The molecule has 0 saturated heterocycles. The molecule has 1 aliphatic heterocycles. The summed E-state index contributed by atoms with van der Waals surface area (Å²) in [6.07, 6.45) is 30.1. The lowest BCUT2D eigenvalue weighted by molar-refractivity contribution is 0.389. The molecule has 0 radical (unpaired) electrons. The van der Waals surface area contributed by atoms with Crippen molar-refractivity contribution in [3.63, 3.8) is 0 Å². The van der Waals surface area contributed by atoms with Gasteiger partial charge in [-0.15, -0.1) is 0 Å². The largest absolute Gasteiger partial charge is 0.505 e. The molecule has 4 aliphatic rings. The summed E-state index contributed by atoms with van der Waals surface area (Å²) in [5, 5.41) is 36.2. The Morgan fingerprint density at radius 1 is 0.699 bits per heavy atom. The van der Waals surface area contributed by atoms with Crippen LogP contribution in [0.3, 0.4) is 0 Å². The summed E-state index contributed by atoms with van der Waals surface area (Å²) in [4.78, 5) is 6.84. The predicted molar refractivity (Wildman–Crippen MR) is 309 cm³/mol. The van der Waals surface area contributed by atoms with E-state index in [1.807, 2.05) is 31.9 Å². The van der Waals surface area contributed by atoms with E-state index in [-0.39, 0.29) is 46.7 Å². The van der Waals surface area contributed by atoms with E-state index in [1.165, 1.54) is 28.1 Å². The van der Waals surface area contributed by atoms with Crippen molar-refractivity contribution >= 4 is 56.6 Å². The Morgan fingerprint density at radius 3 is 2.12 bits per heavy atom. The summed E-state index contributed by atoms with van der Waals surface area (Å²) in [5.74, 6) is -0.245. The highest BCUT2D eigenvalue weighted by Crippen LogP contribution is 2.51. The van der Waals surface area contributed by atoms with Gasteiger partial charge >= 0.3 is 0 Å². The number of likely N-dealkylation sites (N-methyl/N-ethyl adjacent to an activating group) is 1.